The van der Waals surface area contributed by atoms with Crippen molar-refractivity contribution < 1.29 is 18.3 Å². The number of hydrogen-bond donors (Lipinski definition) is 1. The summed E-state index contributed by atoms with van der Waals surface area (Å²) in [4.78, 5) is 23.4. The number of carbonyl (C=O) groups excluding carboxylic acids is 1. The van der Waals surface area contributed by atoms with Gasteiger partial charge in [-0.3, -0.25) is 4.79 Å². The Morgan fingerprint density at radius 1 is 1.23 bits per heavy atom. The lowest BCUT2D eigenvalue weighted by Crippen LogP contribution is -2.28. The van der Waals surface area contributed by atoms with Crippen LogP contribution in [0.1, 0.15) is 11.1 Å². The van der Waals surface area contributed by atoms with Crippen LogP contribution >= 0.6 is 11.6 Å². The van der Waals surface area contributed by atoms with E-state index in [4.69, 9.17) is 20.8 Å². The third-order valence-corrected chi connectivity index (χ3v) is 4.06. The van der Waals surface area contributed by atoms with Crippen molar-refractivity contribution in [1.29, 1.82) is 0 Å². The van der Waals surface area contributed by atoms with Crippen molar-refractivity contribution in [3.63, 3.8) is 0 Å². The molecule has 0 unspecified atom stereocenters. The fourth-order valence-electron chi connectivity index (χ4n) is 2.43. The smallest absolute Gasteiger partial charge is 0.336 e. The number of amides is 1. The van der Waals surface area contributed by atoms with E-state index in [9.17, 15) is 14.0 Å². The number of aryl methyl sites for hydroxylation is 1. The van der Waals surface area contributed by atoms with Gasteiger partial charge in [0.05, 0.1) is 5.02 Å². The van der Waals surface area contributed by atoms with Crippen LogP contribution in [0.3, 0.4) is 0 Å². The number of rotatable bonds is 5. The van der Waals surface area contributed by atoms with Crippen LogP contribution in [0.15, 0.2) is 51.7 Å². The summed E-state index contributed by atoms with van der Waals surface area (Å²) in [6.45, 7) is 1.77. The summed E-state index contributed by atoms with van der Waals surface area (Å²) in [5.74, 6) is -0.461. The number of ether oxygens (including phenoxy) is 1. The van der Waals surface area contributed by atoms with Crippen LogP contribution in [0.4, 0.5) is 4.39 Å². The summed E-state index contributed by atoms with van der Waals surface area (Å²) >= 11 is 6.17. The molecule has 26 heavy (non-hydrogen) atoms. The van der Waals surface area contributed by atoms with E-state index in [-0.39, 0.29) is 30.6 Å². The molecule has 1 aromatic heterocycles. The van der Waals surface area contributed by atoms with Crippen molar-refractivity contribution in [2.75, 3.05) is 6.61 Å². The van der Waals surface area contributed by atoms with Gasteiger partial charge in [0, 0.05) is 24.1 Å². The topological polar surface area (TPSA) is 68.5 Å². The molecule has 2 aromatic carbocycles. The van der Waals surface area contributed by atoms with Crippen LogP contribution in [0.2, 0.25) is 5.02 Å². The van der Waals surface area contributed by atoms with Crippen molar-refractivity contribution in [1.82, 2.24) is 5.32 Å². The molecule has 1 N–H and O–H groups in total. The van der Waals surface area contributed by atoms with Gasteiger partial charge >= 0.3 is 5.63 Å². The maximum absolute atomic E-state index is 12.8. The van der Waals surface area contributed by atoms with Gasteiger partial charge in [0.15, 0.2) is 6.61 Å². The highest BCUT2D eigenvalue weighted by molar-refractivity contribution is 6.32. The Morgan fingerprint density at radius 3 is 2.69 bits per heavy atom. The van der Waals surface area contributed by atoms with Crippen molar-refractivity contribution in [2.45, 2.75) is 13.5 Å². The van der Waals surface area contributed by atoms with Crippen molar-refractivity contribution in [3.8, 4) is 5.75 Å². The van der Waals surface area contributed by atoms with Crippen LogP contribution in [-0.4, -0.2) is 12.5 Å². The molecule has 0 fully saturated rings. The van der Waals surface area contributed by atoms with Gasteiger partial charge in [0.1, 0.15) is 17.1 Å². The predicted octanol–water partition coefficient (Wildman–Crippen LogP) is 3.59. The summed E-state index contributed by atoms with van der Waals surface area (Å²) in [6, 6.07) is 10.3. The second-order valence-electron chi connectivity index (χ2n) is 5.72. The number of carbonyl (C=O) groups is 1. The molecule has 0 saturated heterocycles. The Kier molecular flexibility index (Phi) is 5.23. The molecule has 1 amide bonds. The van der Waals surface area contributed by atoms with Crippen LogP contribution < -0.4 is 15.7 Å². The van der Waals surface area contributed by atoms with Gasteiger partial charge < -0.3 is 14.5 Å². The average molecular weight is 376 g/mol. The minimum absolute atomic E-state index is 0.241. The van der Waals surface area contributed by atoms with Crippen LogP contribution in [0.5, 0.6) is 5.75 Å². The molecule has 1 heterocycles. The summed E-state index contributed by atoms with van der Waals surface area (Å²) in [6.07, 6.45) is 0. The number of hydrogen-bond acceptors (Lipinski definition) is 4. The third kappa shape index (κ3) is 4.21. The Bertz CT molecular complexity index is 1010. The molecule has 0 aliphatic carbocycles. The molecule has 5 nitrogen and oxygen atoms in total. The lowest BCUT2D eigenvalue weighted by molar-refractivity contribution is -0.123. The van der Waals surface area contributed by atoms with E-state index < -0.39 is 5.63 Å². The van der Waals surface area contributed by atoms with Crippen molar-refractivity contribution >= 4 is 28.5 Å². The third-order valence-electron chi connectivity index (χ3n) is 3.77. The van der Waals surface area contributed by atoms with E-state index in [2.05, 4.69) is 5.32 Å². The standard InChI is InChI=1S/C19H15ClFNO4/c1-11-6-19(24)26-16-8-17(15(20)7-14(11)16)25-10-18(23)22-9-12-2-4-13(21)5-3-12/h2-8H,9-10H2,1H3,(H,22,23). The number of nitrogens with one attached hydrogen (secondary N) is 1. The first-order chi connectivity index (χ1) is 12.4. The molecule has 0 aliphatic heterocycles. The zero-order valence-corrected chi connectivity index (χ0v) is 14.6. The molecule has 0 saturated carbocycles. The van der Waals surface area contributed by atoms with Gasteiger partial charge in [-0.2, -0.15) is 0 Å². The first-order valence-corrected chi connectivity index (χ1v) is 8.18. The Morgan fingerprint density at radius 2 is 1.96 bits per heavy atom. The van der Waals surface area contributed by atoms with Gasteiger partial charge in [-0.25, -0.2) is 9.18 Å². The van der Waals surface area contributed by atoms with E-state index in [0.717, 1.165) is 11.1 Å². The molecule has 0 atom stereocenters. The largest absolute Gasteiger partial charge is 0.482 e. The molecule has 134 valence electrons. The SMILES string of the molecule is Cc1cc(=O)oc2cc(OCC(=O)NCc3ccc(F)cc3)c(Cl)cc12. The van der Waals surface area contributed by atoms with Gasteiger partial charge in [0.25, 0.3) is 5.91 Å². The van der Waals surface area contributed by atoms with E-state index >= 15 is 0 Å². The summed E-state index contributed by atoms with van der Waals surface area (Å²) in [5, 5.41) is 3.66. The van der Waals surface area contributed by atoms with E-state index in [1.165, 1.54) is 24.3 Å². The Hall–Kier alpha value is -2.86. The highest BCUT2D eigenvalue weighted by Crippen LogP contribution is 2.30. The van der Waals surface area contributed by atoms with E-state index in [1.807, 2.05) is 0 Å². The molecule has 0 spiro atoms. The molecule has 3 aromatic rings. The first-order valence-electron chi connectivity index (χ1n) is 7.80. The maximum atomic E-state index is 12.8. The lowest BCUT2D eigenvalue weighted by atomic mass is 10.1. The summed E-state index contributed by atoms with van der Waals surface area (Å²) in [5.41, 5.74) is 1.36. The molecule has 0 bridgehead atoms. The normalized spacial score (nSPS) is 10.7. The summed E-state index contributed by atoms with van der Waals surface area (Å²) in [7, 11) is 0. The van der Waals surface area contributed by atoms with Gasteiger partial charge in [-0.1, -0.05) is 23.7 Å². The van der Waals surface area contributed by atoms with Crippen LogP contribution in [0.25, 0.3) is 11.0 Å². The highest BCUT2D eigenvalue weighted by atomic mass is 35.5. The van der Waals surface area contributed by atoms with Crippen molar-refractivity contribution in [3.05, 3.63) is 74.9 Å². The Balaban J connectivity index is 1.65. The number of fused-ring (bicyclic) bond motifs is 1. The number of halogens is 2. The zero-order chi connectivity index (χ0) is 18.7. The second-order valence-corrected chi connectivity index (χ2v) is 6.13. The quantitative estimate of drug-likeness (QED) is 0.692. The summed E-state index contributed by atoms with van der Waals surface area (Å²) < 4.78 is 23.4. The molecular weight excluding hydrogens is 361 g/mol. The Labute approximate surface area is 153 Å². The molecule has 0 aliphatic rings. The van der Waals surface area contributed by atoms with E-state index in [0.29, 0.717) is 16.0 Å². The fraction of sp³-hybridized carbons (Fsp3) is 0.158. The fourth-order valence-corrected chi connectivity index (χ4v) is 2.65. The minimum atomic E-state index is -0.472. The molecule has 7 heteroatoms. The zero-order valence-electron chi connectivity index (χ0n) is 13.8. The first kappa shape index (κ1) is 17.9. The van der Waals surface area contributed by atoms with Gasteiger partial charge in [-0.15, -0.1) is 0 Å². The van der Waals surface area contributed by atoms with Crippen LogP contribution in [-0.2, 0) is 11.3 Å². The predicted molar refractivity (Wildman–Crippen MR) is 96.0 cm³/mol. The second kappa shape index (κ2) is 7.58. The average Bonchev–Trinajstić information content (AvgIpc) is 2.60. The highest BCUT2D eigenvalue weighted by Gasteiger charge is 2.11. The maximum Gasteiger partial charge on any atom is 0.336 e. The van der Waals surface area contributed by atoms with Gasteiger partial charge in [-0.05, 0) is 36.2 Å². The molecule has 0 radical (unpaired) electrons. The minimum Gasteiger partial charge on any atom is -0.482 e. The number of benzene rings is 2. The molecular formula is C19H15ClFNO4. The van der Waals surface area contributed by atoms with E-state index in [1.54, 1.807) is 25.1 Å². The lowest BCUT2D eigenvalue weighted by Gasteiger charge is -2.10. The van der Waals surface area contributed by atoms with Crippen LogP contribution in [0, 0.1) is 12.7 Å². The monoisotopic (exact) mass is 375 g/mol. The van der Waals surface area contributed by atoms with Crippen molar-refractivity contribution in [2.24, 2.45) is 0 Å². The van der Waals surface area contributed by atoms with Gasteiger partial charge in [0.2, 0.25) is 0 Å². The molecule has 3 rings (SSSR count).